The number of sulfone groups is 1. The average molecular weight is 522 g/mol. The van der Waals surface area contributed by atoms with Gasteiger partial charge in [-0.15, -0.1) is 5.10 Å². The maximum Gasteiger partial charge on any atom is 0.358 e. The minimum Gasteiger partial charge on any atom is -0.461 e. The monoisotopic (exact) mass is 521 g/mol. The number of fused-ring (bicyclic) bond motifs is 1. The number of aryl methyl sites for hydroxylation is 1. The van der Waals surface area contributed by atoms with Gasteiger partial charge in [0.1, 0.15) is 16.7 Å². The molecule has 0 N–H and O–H groups in total. The fourth-order valence-corrected chi connectivity index (χ4v) is 6.82. The predicted octanol–water partition coefficient (Wildman–Crippen LogP) is 0.529. The van der Waals surface area contributed by atoms with Crippen LogP contribution in [0.1, 0.15) is 42.0 Å². The summed E-state index contributed by atoms with van der Waals surface area (Å²) in [5.41, 5.74) is 0.435. The molecule has 2 fully saturated rings. The number of β-lactam (4-membered cyclic amide) rings is 1. The molecule has 3 atom stereocenters. The molecule has 0 unspecified atom stereocenters. The van der Waals surface area contributed by atoms with Crippen molar-refractivity contribution < 1.29 is 37.2 Å². The fraction of sp³-hybridized carbons (Fsp3) is 0.476. The molecule has 0 aliphatic carbocycles. The Balaban J connectivity index is 1.64. The summed E-state index contributed by atoms with van der Waals surface area (Å²) < 4.78 is 36.5. The summed E-state index contributed by atoms with van der Waals surface area (Å²) in [6.45, 7) is 3.73. The molecule has 2 aromatic rings. The van der Waals surface area contributed by atoms with Gasteiger partial charge < -0.3 is 14.4 Å². The first kappa shape index (κ1) is 25.2. The highest BCUT2D eigenvalue weighted by atomic mass is 32.2. The number of hydrogen-bond donors (Lipinski definition) is 0. The quantitative estimate of drug-likeness (QED) is 0.204. The van der Waals surface area contributed by atoms with Crippen LogP contribution in [-0.2, 0) is 42.1 Å². The van der Waals surface area contributed by atoms with E-state index in [1.807, 2.05) is 0 Å². The van der Waals surface area contributed by atoms with E-state index in [4.69, 9.17) is 9.47 Å². The number of nitrogens with zero attached hydrogens (tertiary/aromatic N) is 5. The minimum atomic E-state index is -4.11. The van der Waals surface area contributed by atoms with E-state index in [0.717, 1.165) is 9.58 Å². The lowest BCUT2D eigenvalue weighted by atomic mass is 9.96. The third-order valence-electron chi connectivity index (χ3n) is 6.40. The first-order valence-electron chi connectivity index (χ1n) is 10.9. The molecule has 1 amide bonds. The van der Waals surface area contributed by atoms with E-state index in [1.54, 1.807) is 6.92 Å². The molecule has 2 saturated heterocycles. The second kappa shape index (κ2) is 8.96. The Morgan fingerprint density at radius 3 is 2.50 bits per heavy atom. The second-order valence-corrected chi connectivity index (χ2v) is 11.2. The van der Waals surface area contributed by atoms with Crippen molar-refractivity contribution in [2.24, 2.45) is 0 Å². The Kier molecular flexibility index (Phi) is 6.28. The van der Waals surface area contributed by atoms with E-state index in [1.165, 1.54) is 38.1 Å². The average Bonchev–Trinajstić information content (AvgIpc) is 3.24. The number of amides is 1. The van der Waals surface area contributed by atoms with Crippen LogP contribution in [0.25, 0.3) is 0 Å². The van der Waals surface area contributed by atoms with Gasteiger partial charge in [-0.25, -0.2) is 22.7 Å². The molecule has 0 radical (unpaired) electrons. The van der Waals surface area contributed by atoms with Crippen molar-refractivity contribution in [2.75, 3.05) is 6.61 Å². The second-order valence-electron chi connectivity index (χ2n) is 8.65. The van der Waals surface area contributed by atoms with E-state index in [2.05, 4.69) is 10.3 Å². The van der Waals surface area contributed by atoms with Crippen molar-refractivity contribution in [3.63, 3.8) is 0 Å². The number of benzene rings is 1. The molecule has 2 aliphatic heterocycles. The number of aromatic nitrogens is 3. The fourth-order valence-electron chi connectivity index (χ4n) is 4.48. The van der Waals surface area contributed by atoms with Crippen LogP contribution in [0.3, 0.4) is 0 Å². The van der Waals surface area contributed by atoms with Crippen LogP contribution in [-0.4, -0.2) is 73.9 Å². The van der Waals surface area contributed by atoms with Gasteiger partial charge in [-0.05, 0) is 38.5 Å². The van der Waals surface area contributed by atoms with E-state index in [-0.39, 0.29) is 36.7 Å². The van der Waals surface area contributed by atoms with Crippen molar-refractivity contribution in [1.29, 1.82) is 0 Å². The number of carbonyl (C=O) groups excluding carboxylic acids is 3. The number of esters is 2. The number of rotatable bonds is 8. The van der Waals surface area contributed by atoms with Gasteiger partial charge in [0.15, 0.2) is 21.6 Å². The molecule has 1 aromatic carbocycles. The van der Waals surface area contributed by atoms with Crippen LogP contribution in [0.5, 0.6) is 0 Å². The molecule has 0 spiro atoms. The topological polar surface area (TPSA) is 181 Å². The number of carbonyl (C=O) groups is 3. The Morgan fingerprint density at radius 2 is 1.92 bits per heavy atom. The molecule has 3 heterocycles. The third kappa shape index (κ3) is 3.88. The predicted molar refractivity (Wildman–Crippen MR) is 120 cm³/mol. The van der Waals surface area contributed by atoms with Gasteiger partial charge in [0.2, 0.25) is 5.91 Å². The molecule has 14 nitrogen and oxygen atoms in total. The molecule has 2 aliphatic rings. The number of hydrogen-bond acceptors (Lipinski definition) is 11. The summed E-state index contributed by atoms with van der Waals surface area (Å²) in [6.07, 6.45) is -0.273. The molecule has 4 rings (SSSR count). The Bertz CT molecular complexity index is 1350. The molecule has 0 saturated carbocycles. The maximum atomic E-state index is 13.5. The van der Waals surface area contributed by atoms with E-state index >= 15 is 0 Å². The van der Waals surface area contributed by atoms with Crippen molar-refractivity contribution >= 4 is 33.4 Å². The summed E-state index contributed by atoms with van der Waals surface area (Å²) in [5, 5.41) is 17.4. The van der Waals surface area contributed by atoms with Gasteiger partial charge in [-0.2, -0.15) is 0 Å². The highest BCUT2D eigenvalue weighted by Crippen LogP contribution is 2.47. The Morgan fingerprint density at radius 1 is 1.25 bits per heavy atom. The summed E-state index contributed by atoms with van der Waals surface area (Å²) in [6, 6.07) is 3.78. The number of nitro groups is 1. The van der Waals surface area contributed by atoms with Crippen LogP contribution in [0.15, 0.2) is 24.3 Å². The van der Waals surface area contributed by atoms with Crippen molar-refractivity contribution in [1.82, 2.24) is 19.9 Å². The SMILES string of the molecule is CCOC(=O)c1c(C)nnn1C[C@@]1(C)[C@H](C(=O)OCc2ccc([N+](=O)[O-])cc2)N2C(=O)C[C@@H]2S1(=O)=O. The van der Waals surface area contributed by atoms with Gasteiger partial charge >= 0.3 is 11.9 Å². The largest absolute Gasteiger partial charge is 0.461 e. The normalized spacial score (nSPS) is 24.1. The maximum absolute atomic E-state index is 13.5. The number of ether oxygens (including phenoxy) is 2. The lowest BCUT2D eigenvalue weighted by molar-refractivity contribution is -0.384. The summed E-state index contributed by atoms with van der Waals surface area (Å²) in [5.74, 6) is -2.25. The summed E-state index contributed by atoms with van der Waals surface area (Å²) in [7, 11) is -4.11. The third-order valence-corrected chi connectivity index (χ3v) is 9.16. The Labute approximate surface area is 205 Å². The zero-order valence-electron chi connectivity index (χ0n) is 19.6. The molecular formula is C21H23N5O9S. The van der Waals surface area contributed by atoms with Crippen LogP contribution in [0, 0.1) is 17.0 Å². The smallest absolute Gasteiger partial charge is 0.358 e. The minimum absolute atomic E-state index is 0.0631. The van der Waals surface area contributed by atoms with Crippen molar-refractivity contribution in [3.05, 3.63) is 51.3 Å². The molecule has 192 valence electrons. The van der Waals surface area contributed by atoms with Crippen molar-refractivity contribution in [2.45, 2.75) is 56.5 Å². The zero-order chi connectivity index (χ0) is 26.4. The van der Waals surface area contributed by atoms with E-state index in [0.29, 0.717) is 5.56 Å². The van der Waals surface area contributed by atoms with Gasteiger partial charge in [-0.3, -0.25) is 14.9 Å². The number of non-ortho nitro benzene ring substituents is 1. The molecular weight excluding hydrogens is 498 g/mol. The molecule has 15 heteroatoms. The first-order valence-corrected chi connectivity index (χ1v) is 12.5. The van der Waals surface area contributed by atoms with E-state index < -0.39 is 55.3 Å². The summed E-state index contributed by atoms with van der Waals surface area (Å²) in [4.78, 5) is 49.3. The highest BCUT2D eigenvalue weighted by Gasteiger charge is 2.70. The lowest BCUT2D eigenvalue weighted by Crippen LogP contribution is -2.58. The van der Waals surface area contributed by atoms with Crippen LogP contribution in [0.4, 0.5) is 5.69 Å². The molecule has 36 heavy (non-hydrogen) atoms. The number of nitro benzene ring substituents is 1. The molecule has 0 bridgehead atoms. The van der Waals surface area contributed by atoms with Crippen LogP contribution in [0.2, 0.25) is 0 Å². The van der Waals surface area contributed by atoms with Gasteiger partial charge in [0.05, 0.1) is 30.2 Å². The van der Waals surface area contributed by atoms with Gasteiger partial charge in [0, 0.05) is 12.1 Å². The van der Waals surface area contributed by atoms with E-state index in [9.17, 15) is 32.9 Å². The Hall–Kier alpha value is -3.88. The van der Waals surface area contributed by atoms with Gasteiger partial charge in [-0.1, -0.05) is 5.21 Å². The van der Waals surface area contributed by atoms with Crippen molar-refractivity contribution in [3.8, 4) is 0 Å². The highest BCUT2D eigenvalue weighted by molar-refractivity contribution is 7.93. The lowest BCUT2D eigenvalue weighted by Gasteiger charge is -2.36. The molecule has 1 aromatic heterocycles. The first-order chi connectivity index (χ1) is 16.9. The van der Waals surface area contributed by atoms with Crippen LogP contribution >= 0.6 is 0 Å². The summed E-state index contributed by atoms with van der Waals surface area (Å²) >= 11 is 0. The van der Waals surface area contributed by atoms with Gasteiger partial charge in [0.25, 0.3) is 5.69 Å². The zero-order valence-corrected chi connectivity index (χ0v) is 20.4. The van der Waals surface area contributed by atoms with Crippen LogP contribution < -0.4 is 0 Å². The standard InChI is InChI=1S/C21H23N5O9S/c1-4-34-19(28)17-12(2)22-23-24(17)11-21(3)18(25-15(27)9-16(25)36(21,32)33)20(29)35-10-13-5-7-14(8-6-13)26(30)31/h5-8,16,18H,4,9-11H2,1-3H3/t16-,18-,21-/m0/s1.